The fraction of sp³-hybridized carbons (Fsp3) is 0.0909. The lowest BCUT2D eigenvalue weighted by Gasteiger charge is -2.10. The predicted octanol–water partition coefficient (Wildman–Crippen LogP) is 3.25. The van der Waals surface area contributed by atoms with Gasteiger partial charge >= 0.3 is 0 Å². The van der Waals surface area contributed by atoms with Gasteiger partial charge in [-0.25, -0.2) is 26.3 Å². The molecule has 0 amide bonds. The minimum atomic E-state index is -3.75. The van der Waals surface area contributed by atoms with Gasteiger partial charge in [0.2, 0.25) is 20.0 Å². The maximum Gasteiger partial charge on any atom is 0.240 e. The summed E-state index contributed by atoms with van der Waals surface area (Å²) in [7, 11) is -7.50. The molecule has 4 rings (SSSR count). The van der Waals surface area contributed by atoms with Crippen molar-refractivity contribution >= 4 is 41.6 Å². The number of rotatable bonds is 7. The Labute approximate surface area is 175 Å². The SMILES string of the molecule is O=S(=O)(NCCNS(=O)(=O)c1ccc2ccccc2c1)c1ccc2ccccc2c1. The van der Waals surface area contributed by atoms with Crippen molar-refractivity contribution in [1.29, 1.82) is 0 Å². The zero-order valence-electron chi connectivity index (χ0n) is 15.9. The Morgan fingerprint density at radius 2 is 0.867 bits per heavy atom. The van der Waals surface area contributed by atoms with E-state index in [1.807, 2.05) is 48.5 Å². The normalized spacial score (nSPS) is 12.4. The molecule has 0 heterocycles. The number of sulfonamides is 2. The second kappa shape index (κ2) is 8.16. The van der Waals surface area contributed by atoms with E-state index in [1.54, 1.807) is 24.3 Å². The van der Waals surface area contributed by atoms with E-state index in [0.717, 1.165) is 21.5 Å². The van der Waals surface area contributed by atoms with Gasteiger partial charge in [-0.05, 0) is 45.8 Å². The van der Waals surface area contributed by atoms with Crippen LogP contribution in [0.3, 0.4) is 0 Å². The van der Waals surface area contributed by atoms with Gasteiger partial charge in [0.25, 0.3) is 0 Å². The average Bonchev–Trinajstić information content (AvgIpc) is 2.76. The standard InChI is InChI=1S/C22H20N2O4S2/c25-29(26,21-11-9-17-5-1-3-7-19(17)15-21)23-13-14-24-30(27,28)22-12-10-18-6-2-4-8-20(18)16-22/h1-12,15-16,23-24H,13-14H2. The molecule has 0 aromatic heterocycles. The van der Waals surface area contributed by atoms with Crippen molar-refractivity contribution < 1.29 is 16.8 Å². The summed E-state index contributed by atoms with van der Waals surface area (Å²) >= 11 is 0. The van der Waals surface area contributed by atoms with E-state index in [4.69, 9.17) is 0 Å². The maximum atomic E-state index is 12.5. The highest BCUT2D eigenvalue weighted by molar-refractivity contribution is 7.90. The molecule has 0 unspecified atom stereocenters. The Morgan fingerprint density at radius 3 is 1.27 bits per heavy atom. The molecule has 6 nitrogen and oxygen atoms in total. The maximum absolute atomic E-state index is 12.5. The van der Waals surface area contributed by atoms with Gasteiger partial charge in [-0.3, -0.25) is 0 Å². The third-order valence-electron chi connectivity index (χ3n) is 4.77. The summed E-state index contributed by atoms with van der Waals surface area (Å²) in [5.41, 5.74) is 0. The van der Waals surface area contributed by atoms with Crippen molar-refractivity contribution in [3.8, 4) is 0 Å². The van der Waals surface area contributed by atoms with Crippen molar-refractivity contribution in [2.45, 2.75) is 9.79 Å². The third kappa shape index (κ3) is 4.36. The van der Waals surface area contributed by atoms with E-state index in [1.165, 1.54) is 12.1 Å². The highest BCUT2D eigenvalue weighted by atomic mass is 32.2. The molecule has 0 aliphatic carbocycles. The molecule has 0 radical (unpaired) electrons. The summed E-state index contributed by atoms with van der Waals surface area (Å²) in [6.07, 6.45) is 0. The number of benzene rings is 4. The minimum Gasteiger partial charge on any atom is -0.210 e. The molecule has 30 heavy (non-hydrogen) atoms. The van der Waals surface area contributed by atoms with Gasteiger partial charge in [-0.2, -0.15) is 0 Å². The summed E-state index contributed by atoms with van der Waals surface area (Å²) in [5, 5.41) is 3.52. The highest BCUT2D eigenvalue weighted by Crippen LogP contribution is 2.20. The Bertz CT molecular complexity index is 1320. The van der Waals surface area contributed by atoms with Crippen LogP contribution >= 0.6 is 0 Å². The van der Waals surface area contributed by atoms with Crippen LogP contribution in [0, 0.1) is 0 Å². The lowest BCUT2D eigenvalue weighted by molar-refractivity contribution is 0.571. The summed E-state index contributed by atoms with van der Waals surface area (Å²) in [5.74, 6) is 0. The quantitative estimate of drug-likeness (QED) is 0.432. The van der Waals surface area contributed by atoms with Gasteiger partial charge in [0.1, 0.15) is 0 Å². The van der Waals surface area contributed by atoms with Crippen LogP contribution in [0.15, 0.2) is 94.7 Å². The molecule has 0 aliphatic rings. The van der Waals surface area contributed by atoms with Crippen LogP contribution < -0.4 is 9.44 Å². The van der Waals surface area contributed by atoms with Crippen LogP contribution in [0.25, 0.3) is 21.5 Å². The summed E-state index contributed by atoms with van der Waals surface area (Å²) < 4.78 is 55.0. The fourth-order valence-electron chi connectivity index (χ4n) is 3.21. The summed E-state index contributed by atoms with van der Waals surface area (Å²) in [6, 6.07) is 24.7. The molecule has 0 saturated carbocycles. The van der Waals surface area contributed by atoms with Crippen molar-refractivity contribution in [2.75, 3.05) is 13.1 Å². The first kappa shape index (κ1) is 20.5. The van der Waals surface area contributed by atoms with E-state index in [0.29, 0.717) is 0 Å². The van der Waals surface area contributed by atoms with Crippen molar-refractivity contribution in [1.82, 2.24) is 9.44 Å². The van der Waals surface area contributed by atoms with Crippen LogP contribution in [-0.4, -0.2) is 29.9 Å². The average molecular weight is 441 g/mol. The molecule has 0 fully saturated rings. The molecule has 0 atom stereocenters. The first-order valence-corrected chi connectivity index (χ1v) is 12.3. The van der Waals surface area contributed by atoms with Crippen molar-refractivity contribution in [3.05, 3.63) is 84.9 Å². The Balaban J connectivity index is 1.41. The molecule has 4 aromatic carbocycles. The van der Waals surface area contributed by atoms with Gasteiger partial charge < -0.3 is 0 Å². The van der Waals surface area contributed by atoms with Gasteiger partial charge in [-0.15, -0.1) is 0 Å². The smallest absolute Gasteiger partial charge is 0.210 e. The van der Waals surface area contributed by atoms with E-state index in [9.17, 15) is 16.8 Å². The number of hydrogen-bond donors (Lipinski definition) is 2. The minimum absolute atomic E-state index is 0.0675. The number of fused-ring (bicyclic) bond motifs is 2. The largest absolute Gasteiger partial charge is 0.240 e. The molecule has 0 aliphatic heterocycles. The lowest BCUT2D eigenvalue weighted by atomic mass is 10.1. The van der Waals surface area contributed by atoms with Gasteiger partial charge in [0, 0.05) is 13.1 Å². The highest BCUT2D eigenvalue weighted by Gasteiger charge is 2.16. The van der Waals surface area contributed by atoms with E-state index >= 15 is 0 Å². The molecular weight excluding hydrogens is 420 g/mol. The number of nitrogens with one attached hydrogen (secondary N) is 2. The molecule has 154 valence electrons. The van der Waals surface area contributed by atoms with E-state index in [-0.39, 0.29) is 22.9 Å². The second-order valence-corrected chi connectivity index (χ2v) is 10.3. The van der Waals surface area contributed by atoms with Crippen molar-refractivity contribution in [3.63, 3.8) is 0 Å². The van der Waals surface area contributed by atoms with Crippen LogP contribution in [0.5, 0.6) is 0 Å². The van der Waals surface area contributed by atoms with E-state index in [2.05, 4.69) is 9.44 Å². The summed E-state index contributed by atoms with van der Waals surface area (Å²) in [4.78, 5) is 0.275. The Kier molecular flexibility index (Phi) is 5.57. The fourth-order valence-corrected chi connectivity index (χ4v) is 5.34. The Hall–Kier alpha value is -2.78. The first-order valence-electron chi connectivity index (χ1n) is 9.32. The summed E-state index contributed by atoms with van der Waals surface area (Å²) in [6.45, 7) is -0.135. The van der Waals surface area contributed by atoms with Crippen LogP contribution in [0.2, 0.25) is 0 Å². The van der Waals surface area contributed by atoms with E-state index < -0.39 is 20.0 Å². The zero-order chi connectivity index (χ0) is 21.2. The monoisotopic (exact) mass is 440 g/mol. The molecule has 0 bridgehead atoms. The third-order valence-corrected chi connectivity index (χ3v) is 7.69. The van der Waals surface area contributed by atoms with Gasteiger partial charge in [0.15, 0.2) is 0 Å². The topological polar surface area (TPSA) is 92.3 Å². The predicted molar refractivity (Wildman–Crippen MR) is 118 cm³/mol. The molecular formula is C22H20N2O4S2. The molecule has 0 saturated heterocycles. The second-order valence-electron chi connectivity index (χ2n) is 6.81. The first-order chi connectivity index (χ1) is 14.4. The van der Waals surface area contributed by atoms with Crippen LogP contribution in [0.1, 0.15) is 0 Å². The molecule has 8 heteroatoms. The van der Waals surface area contributed by atoms with Crippen LogP contribution in [0.4, 0.5) is 0 Å². The zero-order valence-corrected chi connectivity index (χ0v) is 17.6. The molecule has 4 aromatic rings. The van der Waals surface area contributed by atoms with Gasteiger partial charge in [-0.1, -0.05) is 60.7 Å². The van der Waals surface area contributed by atoms with Crippen LogP contribution in [-0.2, 0) is 20.0 Å². The molecule has 0 spiro atoms. The Morgan fingerprint density at radius 1 is 0.500 bits per heavy atom. The van der Waals surface area contributed by atoms with Gasteiger partial charge in [0.05, 0.1) is 9.79 Å². The lowest BCUT2D eigenvalue weighted by Crippen LogP contribution is -2.34. The van der Waals surface area contributed by atoms with Crippen molar-refractivity contribution in [2.24, 2.45) is 0 Å². The number of hydrogen-bond acceptors (Lipinski definition) is 4. The molecule has 2 N–H and O–H groups in total.